The van der Waals surface area contributed by atoms with Gasteiger partial charge < -0.3 is 4.90 Å². The summed E-state index contributed by atoms with van der Waals surface area (Å²) in [5, 5.41) is 3.76. The number of rotatable bonds is 5. The highest BCUT2D eigenvalue weighted by Gasteiger charge is 2.22. The van der Waals surface area contributed by atoms with E-state index in [2.05, 4.69) is 30.9 Å². The number of piperazine rings is 1. The first-order chi connectivity index (χ1) is 12.4. The van der Waals surface area contributed by atoms with E-state index < -0.39 is 18.5 Å². The van der Waals surface area contributed by atoms with Gasteiger partial charge in [-0.1, -0.05) is 11.6 Å². The van der Waals surface area contributed by atoms with Crippen LogP contribution in [-0.4, -0.2) is 52.3 Å². The molecule has 140 valence electrons. The summed E-state index contributed by atoms with van der Waals surface area (Å²) in [5.41, 5.74) is 0.917. The summed E-state index contributed by atoms with van der Waals surface area (Å²) in [6.45, 7) is 2.92. The predicted octanol–water partition coefficient (Wildman–Crippen LogP) is 2.64. The van der Waals surface area contributed by atoms with Gasteiger partial charge in [0.15, 0.2) is 0 Å². The first kappa shape index (κ1) is 19.2. The second-order valence-corrected chi connectivity index (χ2v) is 7.29. The van der Waals surface area contributed by atoms with E-state index in [1.807, 2.05) is 17.2 Å². The Morgan fingerprint density at radius 1 is 1.19 bits per heavy atom. The molecule has 1 fully saturated rings. The van der Waals surface area contributed by atoms with Gasteiger partial charge in [-0.25, -0.2) is 13.5 Å². The lowest BCUT2D eigenvalue weighted by atomic mass is 10.2. The average Bonchev–Trinajstić information content (AvgIpc) is 2.60. The van der Waals surface area contributed by atoms with Gasteiger partial charge in [0.25, 0.3) is 12.0 Å². The van der Waals surface area contributed by atoms with E-state index in [4.69, 9.17) is 11.6 Å². The quantitative estimate of drug-likeness (QED) is 0.704. The maximum Gasteiger partial charge on any atom is 0.287 e. The Hall–Kier alpha value is -1.58. The molecule has 2 aromatic heterocycles. The number of hydrogen-bond donors (Lipinski definition) is 0. The summed E-state index contributed by atoms with van der Waals surface area (Å²) in [6, 6.07) is 2.03. The van der Waals surface area contributed by atoms with Crippen molar-refractivity contribution in [1.29, 1.82) is 0 Å². The molecule has 0 bridgehead atoms. The molecule has 1 aliphatic rings. The van der Waals surface area contributed by atoms with Crippen molar-refractivity contribution in [3.8, 4) is 0 Å². The maximum absolute atomic E-state index is 12.5. The van der Waals surface area contributed by atoms with Crippen molar-refractivity contribution in [2.75, 3.05) is 31.1 Å². The number of anilines is 1. The summed E-state index contributed by atoms with van der Waals surface area (Å²) in [5.74, 6) is 0. The fourth-order valence-corrected chi connectivity index (χ4v) is 3.56. The molecule has 0 spiro atoms. The molecule has 0 radical (unpaired) electrons. The Bertz CT molecular complexity index is 827. The van der Waals surface area contributed by atoms with Crippen LogP contribution in [0.15, 0.2) is 33.9 Å². The molecular weight excluding hydrogens is 432 g/mol. The van der Waals surface area contributed by atoms with Crippen molar-refractivity contribution >= 4 is 33.2 Å². The van der Waals surface area contributed by atoms with E-state index in [0.717, 1.165) is 29.7 Å². The molecule has 0 amide bonds. The zero-order valence-electron chi connectivity index (χ0n) is 13.8. The van der Waals surface area contributed by atoms with Gasteiger partial charge in [0.2, 0.25) is 0 Å². The number of alkyl halides is 2. The fourth-order valence-electron chi connectivity index (χ4n) is 2.89. The van der Waals surface area contributed by atoms with Gasteiger partial charge in [0.1, 0.15) is 11.6 Å². The molecule has 0 N–H and O–H groups in total. The molecule has 1 aliphatic heterocycles. The van der Waals surface area contributed by atoms with E-state index in [1.165, 1.54) is 6.20 Å². The van der Waals surface area contributed by atoms with E-state index in [1.54, 1.807) is 6.20 Å². The zero-order valence-corrected chi connectivity index (χ0v) is 16.1. The molecule has 1 saturated heterocycles. The van der Waals surface area contributed by atoms with Gasteiger partial charge in [0, 0.05) is 49.6 Å². The molecule has 3 rings (SSSR count). The third-order valence-corrected chi connectivity index (χ3v) is 4.95. The molecule has 3 heterocycles. The van der Waals surface area contributed by atoms with Gasteiger partial charge in [0.05, 0.1) is 11.9 Å². The molecule has 10 heteroatoms. The minimum Gasteiger partial charge on any atom is -0.366 e. The smallest absolute Gasteiger partial charge is 0.287 e. The Morgan fingerprint density at radius 3 is 2.58 bits per heavy atom. The highest BCUT2D eigenvalue weighted by atomic mass is 79.9. The topological polar surface area (TPSA) is 54.3 Å². The zero-order chi connectivity index (χ0) is 18.7. The van der Waals surface area contributed by atoms with Crippen LogP contribution < -0.4 is 10.5 Å². The van der Waals surface area contributed by atoms with Crippen molar-refractivity contribution in [2.45, 2.75) is 19.5 Å². The number of nitrogens with zero attached hydrogens (tertiary/aromatic N) is 5. The summed E-state index contributed by atoms with van der Waals surface area (Å²) in [7, 11) is 0. The Morgan fingerprint density at radius 2 is 1.92 bits per heavy atom. The van der Waals surface area contributed by atoms with Crippen LogP contribution >= 0.6 is 27.5 Å². The third kappa shape index (κ3) is 4.57. The van der Waals surface area contributed by atoms with Crippen LogP contribution in [0.5, 0.6) is 0 Å². The van der Waals surface area contributed by atoms with Gasteiger partial charge in [-0.3, -0.25) is 14.7 Å². The first-order valence-electron chi connectivity index (χ1n) is 8.04. The van der Waals surface area contributed by atoms with Crippen molar-refractivity contribution in [2.24, 2.45) is 0 Å². The summed E-state index contributed by atoms with van der Waals surface area (Å²) in [6.07, 6.45) is 2.31. The Balaban J connectivity index is 1.64. The maximum atomic E-state index is 12.5. The van der Waals surface area contributed by atoms with Gasteiger partial charge >= 0.3 is 0 Å². The normalized spacial score (nSPS) is 15.7. The van der Waals surface area contributed by atoms with E-state index >= 15 is 0 Å². The number of aromatic nitrogens is 3. The molecule has 2 aromatic rings. The highest BCUT2D eigenvalue weighted by molar-refractivity contribution is 9.10. The number of halogens is 4. The van der Waals surface area contributed by atoms with Gasteiger partial charge in [-0.15, -0.1) is 0 Å². The van der Waals surface area contributed by atoms with E-state index in [-0.39, 0.29) is 5.02 Å². The monoisotopic (exact) mass is 447 g/mol. The standard InChI is InChI=1S/C16H17BrClF2N5O/c17-12-5-11(6-21-7-12)9-23-1-3-24(4-2-23)13-8-22-25(10-14(19)20)16(26)15(13)18/h5-8,14H,1-4,9-10H2. The van der Waals surface area contributed by atoms with Crippen molar-refractivity contribution in [3.63, 3.8) is 0 Å². The van der Waals surface area contributed by atoms with E-state index in [0.29, 0.717) is 23.5 Å². The molecule has 0 aromatic carbocycles. The molecular formula is C16H17BrClF2N5O. The summed E-state index contributed by atoms with van der Waals surface area (Å²) in [4.78, 5) is 20.5. The lowest BCUT2D eigenvalue weighted by Gasteiger charge is -2.36. The Kier molecular flexibility index (Phi) is 6.20. The molecule has 0 unspecified atom stereocenters. The van der Waals surface area contributed by atoms with Crippen LogP contribution in [0, 0.1) is 0 Å². The first-order valence-corrected chi connectivity index (χ1v) is 9.21. The molecule has 6 nitrogen and oxygen atoms in total. The van der Waals surface area contributed by atoms with Crippen molar-refractivity contribution in [3.05, 3.63) is 50.1 Å². The molecule has 0 aliphatic carbocycles. The van der Waals surface area contributed by atoms with Crippen LogP contribution in [0.2, 0.25) is 5.02 Å². The lowest BCUT2D eigenvalue weighted by Crippen LogP contribution is -2.46. The lowest BCUT2D eigenvalue weighted by molar-refractivity contribution is 0.119. The largest absolute Gasteiger partial charge is 0.366 e. The molecule has 0 saturated carbocycles. The SMILES string of the molecule is O=c1c(Cl)c(N2CCN(Cc3cncc(Br)c3)CC2)cnn1CC(F)F. The summed E-state index contributed by atoms with van der Waals surface area (Å²) >= 11 is 9.52. The molecule has 0 atom stereocenters. The highest BCUT2D eigenvalue weighted by Crippen LogP contribution is 2.23. The minimum atomic E-state index is -2.65. The van der Waals surface area contributed by atoms with E-state index in [9.17, 15) is 13.6 Å². The van der Waals surface area contributed by atoms with Crippen molar-refractivity contribution in [1.82, 2.24) is 19.7 Å². The Labute approximate surface area is 162 Å². The van der Waals surface area contributed by atoms with Crippen LogP contribution in [0.1, 0.15) is 5.56 Å². The van der Waals surface area contributed by atoms with Crippen LogP contribution in [0.25, 0.3) is 0 Å². The third-order valence-electron chi connectivity index (χ3n) is 4.16. The predicted molar refractivity (Wildman–Crippen MR) is 98.9 cm³/mol. The second-order valence-electron chi connectivity index (χ2n) is 6.00. The summed E-state index contributed by atoms with van der Waals surface area (Å²) < 4.78 is 26.6. The minimum absolute atomic E-state index is 0.0645. The van der Waals surface area contributed by atoms with Gasteiger partial charge in [-0.05, 0) is 27.6 Å². The fraction of sp³-hybridized carbons (Fsp3) is 0.438. The second kappa shape index (κ2) is 8.41. The van der Waals surface area contributed by atoms with Crippen LogP contribution in [0.3, 0.4) is 0 Å². The number of pyridine rings is 1. The molecule has 26 heavy (non-hydrogen) atoms. The van der Waals surface area contributed by atoms with Crippen LogP contribution in [0.4, 0.5) is 14.5 Å². The van der Waals surface area contributed by atoms with Crippen LogP contribution in [-0.2, 0) is 13.1 Å². The van der Waals surface area contributed by atoms with Gasteiger partial charge in [-0.2, -0.15) is 5.10 Å². The number of hydrogen-bond acceptors (Lipinski definition) is 5. The van der Waals surface area contributed by atoms with Crippen molar-refractivity contribution < 1.29 is 8.78 Å². The average molecular weight is 449 g/mol.